The molecule has 0 aliphatic carbocycles. The normalized spacial score (nSPS) is 15.9. The number of hydrogen-bond donors (Lipinski definition) is 1. The van der Waals surface area contributed by atoms with Crippen LogP contribution in [-0.4, -0.2) is 22.3 Å². The molecule has 5 heteroatoms. The Labute approximate surface area is 159 Å². The SMILES string of the molecule is CCCOc1ccc([C@@H]2CC(=O)Nc3c2cnn3-c2ccc(C)cc2)cc1. The number of carbonyl (C=O) groups is 1. The van der Waals surface area contributed by atoms with Crippen LogP contribution in [0.25, 0.3) is 5.69 Å². The summed E-state index contributed by atoms with van der Waals surface area (Å²) in [4.78, 5) is 12.4. The number of fused-ring (bicyclic) bond motifs is 1. The van der Waals surface area contributed by atoms with Crippen LogP contribution in [0.15, 0.2) is 54.7 Å². The highest BCUT2D eigenvalue weighted by Crippen LogP contribution is 2.38. The highest BCUT2D eigenvalue weighted by Gasteiger charge is 2.30. The Balaban J connectivity index is 1.67. The third-order valence-corrected chi connectivity index (χ3v) is 4.85. The maximum atomic E-state index is 12.4. The molecule has 27 heavy (non-hydrogen) atoms. The Morgan fingerprint density at radius 3 is 2.59 bits per heavy atom. The molecule has 3 aromatic rings. The molecule has 0 saturated carbocycles. The molecule has 1 aliphatic heterocycles. The van der Waals surface area contributed by atoms with E-state index in [4.69, 9.17) is 4.74 Å². The van der Waals surface area contributed by atoms with Gasteiger partial charge in [0.15, 0.2) is 0 Å². The maximum absolute atomic E-state index is 12.4. The van der Waals surface area contributed by atoms with Gasteiger partial charge in [-0.1, -0.05) is 36.8 Å². The standard InChI is InChI=1S/C22H23N3O2/c1-3-12-27-18-10-6-16(7-11-18)19-13-21(26)24-22-20(19)14-23-25(22)17-8-4-15(2)5-9-17/h4-11,14,19H,3,12-13H2,1-2H3,(H,24,26)/t19-/m0/s1. The van der Waals surface area contributed by atoms with E-state index in [9.17, 15) is 4.79 Å². The number of amides is 1. The van der Waals surface area contributed by atoms with Crippen molar-refractivity contribution < 1.29 is 9.53 Å². The van der Waals surface area contributed by atoms with Crippen molar-refractivity contribution in [3.63, 3.8) is 0 Å². The number of nitrogens with zero attached hydrogens (tertiary/aromatic N) is 2. The van der Waals surface area contributed by atoms with Gasteiger partial charge >= 0.3 is 0 Å². The van der Waals surface area contributed by atoms with E-state index in [2.05, 4.69) is 17.3 Å². The fraction of sp³-hybridized carbons (Fsp3) is 0.273. The topological polar surface area (TPSA) is 56.1 Å². The minimum atomic E-state index is -0.00632. The number of carbonyl (C=O) groups excluding carboxylic acids is 1. The largest absolute Gasteiger partial charge is 0.494 e. The highest BCUT2D eigenvalue weighted by molar-refractivity contribution is 5.94. The minimum absolute atomic E-state index is 0.00632. The number of nitrogens with one attached hydrogen (secondary N) is 1. The third-order valence-electron chi connectivity index (χ3n) is 4.85. The summed E-state index contributed by atoms with van der Waals surface area (Å²) >= 11 is 0. The number of rotatable bonds is 5. The molecule has 0 fully saturated rings. The molecule has 4 rings (SSSR count). The zero-order valence-corrected chi connectivity index (χ0v) is 15.6. The molecule has 5 nitrogen and oxygen atoms in total. The van der Waals surface area contributed by atoms with Crippen LogP contribution in [0, 0.1) is 6.92 Å². The molecule has 1 atom stereocenters. The van der Waals surface area contributed by atoms with Gasteiger partial charge in [-0.2, -0.15) is 5.10 Å². The highest BCUT2D eigenvalue weighted by atomic mass is 16.5. The Morgan fingerprint density at radius 1 is 1.15 bits per heavy atom. The van der Waals surface area contributed by atoms with Crippen LogP contribution in [0.3, 0.4) is 0 Å². The van der Waals surface area contributed by atoms with Gasteiger partial charge < -0.3 is 10.1 Å². The fourth-order valence-corrected chi connectivity index (χ4v) is 3.42. The average Bonchev–Trinajstić information content (AvgIpc) is 3.10. The summed E-state index contributed by atoms with van der Waals surface area (Å²) in [6.07, 6.45) is 3.26. The van der Waals surface area contributed by atoms with Gasteiger partial charge in [0.1, 0.15) is 11.6 Å². The third kappa shape index (κ3) is 3.45. The van der Waals surface area contributed by atoms with Gasteiger partial charge in [0.25, 0.3) is 0 Å². The lowest BCUT2D eigenvalue weighted by Crippen LogP contribution is -2.24. The lowest BCUT2D eigenvalue weighted by molar-refractivity contribution is -0.116. The van der Waals surface area contributed by atoms with Crippen LogP contribution in [0.5, 0.6) is 5.75 Å². The average molecular weight is 361 g/mol. The first kappa shape index (κ1) is 17.3. The van der Waals surface area contributed by atoms with Gasteiger partial charge in [-0.25, -0.2) is 4.68 Å². The molecule has 0 radical (unpaired) electrons. The second kappa shape index (κ2) is 7.27. The fourth-order valence-electron chi connectivity index (χ4n) is 3.42. The van der Waals surface area contributed by atoms with E-state index >= 15 is 0 Å². The summed E-state index contributed by atoms with van der Waals surface area (Å²) in [6.45, 7) is 4.84. The van der Waals surface area contributed by atoms with Gasteiger partial charge in [0.05, 0.1) is 18.5 Å². The zero-order valence-electron chi connectivity index (χ0n) is 15.6. The summed E-state index contributed by atoms with van der Waals surface area (Å²) in [5, 5.41) is 7.54. The molecule has 0 saturated heterocycles. The second-order valence-electron chi connectivity index (χ2n) is 6.92. The molecule has 2 aromatic carbocycles. The van der Waals surface area contributed by atoms with E-state index in [1.807, 2.05) is 61.7 Å². The summed E-state index contributed by atoms with van der Waals surface area (Å²) < 4.78 is 7.47. The van der Waals surface area contributed by atoms with Crippen molar-refractivity contribution in [2.24, 2.45) is 0 Å². The van der Waals surface area contributed by atoms with Crippen LogP contribution in [-0.2, 0) is 4.79 Å². The van der Waals surface area contributed by atoms with Crippen LogP contribution in [0.4, 0.5) is 5.82 Å². The van der Waals surface area contributed by atoms with E-state index in [0.29, 0.717) is 13.0 Å². The van der Waals surface area contributed by atoms with Gasteiger partial charge in [0.2, 0.25) is 5.91 Å². The molecule has 1 aliphatic rings. The summed E-state index contributed by atoms with van der Waals surface area (Å²) in [5.74, 6) is 1.61. The number of ether oxygens (including phenoxy) is 1. The quantitative estimate of drug-likeness (QED) is 0.731. The second-order valence-corrected chi connectivity index (χ2v) is 6.92. The van der Waals surface area contributed by atoms with Crippen molar-refractivity contribution in [3.05, 3.63) is 71.4 Å². The first-order valence-corrected chi connectivity index (χ1v) is 9.33. The minimum Gasteiger partial charge on any atom is -0.494 e. The predicted octanol–water partition coefficient (Wildman–Crippen LogP) is 4.44. The van der Waals surface area contributed by atoms with E-state index < -0.39 is 0 Å². The lowest BCUT2D eigenvalue weighted by atomic mass is 9.87. The molecule has 1 N–H and O–H groups in total. The monoisotopic (exact) mass is 361 g/mol. The van der Waals surface area contributed by atoms with Crippen LogP contribution in [0.2, 0.25) is 0 Å². The van der Waals surface area contributed by atoms with E-state index in [1.54, 1.807) is 4.68 Å². The summed E-state index contributed by atoms with van der Waals surface area (Å²) in [5.41, 5.74) is 4.26. The molecule has 0 spiro atoms. The first-order valence-electron chi connectivity index (χ1n) is 9.33. The summed E-state index contributed by atoms with van der Waals surface area (Å²) in [6, 6.07) is 16.1. The van der Waals surface area contributed by atoms with E-state index in [-0.39, 0.29) is 11.8 Å². The van der Waals surface area contributed by atoms with E-state index in [1.165, 1.54) is 5.56 Å². The number of hydrogen-bond acceptors (Lipinski definition) is 3. The number of aromatic nitrogens is 2. The van der Waals surface area contributed by atoms with Crippen LogP contribution in [0.1, 0.15) is 42.4 Å². The smallest absolute Gasteiger partial charge is 0.226 e. The van der Waals surface area contributed by atoms with Crippen molar-refractivity contribution >= 4 is 11.7 Å². The van der Waals surface area contributed by atoms with Crippen molar-refractivity contribution in [1.82, 2.24) is 9.78 Å². The Kier molecular flexibility index (Phi) is 4.67. The Morgan fingerprint density at radius 2 is 1.89 bits per heavy atom. The molecule has 138 valence electrons. The van der Waals surface area contributed by atoms with Gasteiger partial charge in [-0.15, -0.1) is 0 Å². The Bertz CT molecular complexity index is 943. The molecule has 0 unspecified atom stereocenters. The zero-order chi connectivity index (χ0) is 18.8. The molecule has 1 aromatic heterocycles. The summed E-state index contributed by atoms with van der Waals surface area (Å²) in [7, 11) is 0. The van der Waals surface area contributed by atoms with Crippen molar-refractivity contribution in [2.75, 3.05) is 11.9 Å². The van der Waals surface area contributed by atoms with Gasteiger partial charge in [-0.3, -0.25) is 4.79 Å². The molecule has 1 amide bonds. The number of anilines is 1. The first-order chi connectivity index (χ1) is 13.2. The molecule has 2 heterocycles. The molecule has 0 bridgehead atoms. The van der Waals surface area contributed by atoms with Crippen molar-refractivity contribution in [1.29, 1.82) is 0 Å². The maximum Gasteiger partial charge on any atom is 0.226 e. The number of benzene rings is 2. The van der Waals surface area contributed by atoms with Gasteiger partial charge in [0, 0.05) is 17.9 Å². The lowest BCUT2D eigenvalue weighted by Gasteiger charge is -2.24. The van der Waals surface area contributed by atoms with Crippen molar-refractivity contribution in [3.8, 4) is 11.4 Å². The van der Waals surface area contributed by atoms with Crippen LogP contribution >= 0.6 is 0 Å². The predicted molar refractivity (Wildman–Crippen MR) is 106 cm³/mol. The molecular formula is C22H23N3O2. The van der Waals surface area contributed by atoms with Crippen LogP contribution < -0.4 is 10.1 Å². The number of aryl methyl sites for hydroxylation is 1. The van der Waals surface area contributed by atoms with E-state index in [0.717, 1.165) is 34.8 Å². The van der Waals surface area contributed by atoms with Gasteiger partial charge in [-0.05, 0) is 43.2 Å². The molecular weight excluding hydrogens is 338 g/mol. The Hall–Kier alpha value is -3.08. The van der Waals surface area contributed by atoms with Crippen molar-refractivity contribution in [2.45, 2.75) is 32.6 Å².